The zero-order valence-corrected chi connectivity index (χ0v) is 10.7. The minimum absolute atomic E-state index is 0.0355. The second-order valence-electron chi connectivity index (χ2n) is 3.95. The summed E-state index contributed by atoms with van der Waals surface area (Å²) in [6.45, 7) is 0. The van der Waals surface area contributed by atoms with Crippen LogP contribution in [0.5, 0.6) is 0 Å². The Bertz CT molecular complexity index is 499. The number of ether oxygens (including phenoxy) is 1. The number of rotatable bonds is 2. The summed E-state index contributed by atoms with van der Waals surface area (Å²) >= 11 is 3.14. The van der Waals surface area contributed by atoms with Crippen LogP contribution in [0.2, 0.25) is 0 Å². The quantitative estimate of drug-likeness (QED) is 0.789. The topological polar surface area (TPSA) is 43.4 Å². The summed E-state index contributed by atoms with van der Waals surface area (Å²) in [4.78, 5) is 22.9. The molecule has 3 nitrogen and oxygen atoms in total. The number of esters is 1. The van der Waals surface area contributed by atoms with Gasteiger partial charge in [0.05, 0.1) is 13.5 Å². The Labute approximate surface area is 106 Å². The first-order valence-corrected chi connectivity index (χ1v) is 5.91. The first-order chi connectivity index (χ1) is 8.02. The molecule has 0 fully saturated rings. The van der Waals surface area contributed by atoms with E-state index in [2.05, 4.69) is 20.7 Å². The van der Waals surface area contributed by atoms with Crippen LogP contribution in [0.4, 0.5) is 4.39 Å². The molecule has 0 unspecified atom stereocenters. The SMILES string of the molecule is COC(=O)C[C@H]1CC(=O)c2cc(Br)cc(F)c21. The number of fused-ring (bicyclic) bond motifs is 1. The molecular formula is C12H10BrFO3. The van der Waals surface area contributed by atoms with Crippen molar-refractivity contribution in [1.29, 1.82) is 0 Å². The third kappa shape index (κ3) is 2.24. The smallest absolute Gasteiger partial charge is 0.306 e. The summed E-state index contributed by atoms with van der Waals surface area (Å²) in [7, 11) is 1.28. The molecule has 1 atom stereocenters. The molecule has 0 aliphatic heterocycles. The second kappa shape index (κ2) is 4.56. The second-order valence-corrected chi connectivity index (χ2v) is 4.87. The minimum atomic E-state index is -0.450. The fourth-order valence-corrected chi connectivity index (χ4v) is 2.55. The van der Waals surface area contributed by atoms with Crippen LogP contribution in [0.3, 0.4) is 0 Å². The van der Waals surface area contributed by atoms with Gasteiger partial charge < -0.3 is 4.74 Å². The van der Waals surface area contributed by atoms with Gasteiger partial charge in [0.1, 0.15) is 5.82 Å². The molecule has 5 heteroatoms. The average molecular weight is 301 g/mol. The van der Waals surface area contributed by atoms with Crippen LogP contribution in [-0.4, -0.2) is 18.9 Å². The van der Waals surface area contributed by atoms with Crippen LogP contribution in [0.1, 0.15) is 34.7 Å². The standard InChI is InChI=1S/C12H10BrFO3/c1-17-11(16)3-6-2-10(15)8-4-7(13)5-9(14)12(6)8/h4-6H,2-3H2,1H3/t6-/m1/s1. The van der Waals surface area contributed by atoms with E-state index in [1.54, 1.807) is 6.07 Å². The highest BCUT2D eigenvalue weighted by atomic mass is 79.9. The first-order valence-electron chi connectivity index (χ1n) is 5.12. The molecule has 0 heterocycles. The maximum absolute atomic E-state index is 13.8. The number of ketones is 1. The summed E-state index contributed by atoms with van der Waals surface area (Å²) in [6, 6.07) is 2.90. The molecule has 0 N–H and O–H groups in total. The lowest BCUT2D eigenvalue weighted by Gasteiger charge is -2.10. The highest BCUT2D eigenvalue weighted by Gasteiger charge is 2.34. The summed E-state index contributed by atoms with van der Waals surface area (Å²) in [6.07, 6.45) is 0.200. The lowest BCUT2D eigenvalue weighted by Crippen LogP contribution is -2.07. The van der Waals surface area contributed by atoms with Crippen LogP contribution in [0.15, 0.2) is 16.6 Å². The molecule has 0 aromatic heterocycles. The number of carbonyl (C=O) groups excluding carboxylic acids is 2. The van der Waals surface area contributed by atoms with Crippen molar-refractivity contribution in [2.45, 2.75) is 18.8 Å². The van der Waals surface area contributed by atoms with Gasteiger partial charge >= 0.3 is 5.97 Å². The molecule has 90 valence electrons. The Kier molecular flexibility index (Phi) is 3.28. The minimum Gasteiger partial charge on any atom is -0.469 e. The number of benzene rings is 1. The van der Waals surface area contributed by atoms with Crippen LogP contribution in [-0.2, 0) is 9.53 Å². The molecule has 1 aromatic rings. The van der Waals surface area contributed by atoms with E-state index < -0.39 is 17.7 Å². The van der Waals surface area contributed by atoms with Crippen molar-refractivity contribution in [3.63, 3.8) is 0 Å². The van der Waals surface area contributed by atoms with Gasteiger partial charge in [-0.05, 0) is 12.1 Å². The van der Waals surface area contributed by atoms with Gasteiger partial charge in [-0.3, -0.25) is 9.59 Å². The van der Waals surface area contributed by atoms with Gasteiger partial charge in [-0.25, -0.2) is 4.39 Å². The molecule has 2 rings (SSSR count). The highest BCUT2D eigenvalue weighted by Crippen LogP contribution is 2.38. The Morgan fingerprint density at radius 3 is 2.94 bits per heavy atom. The summed E-state index contributed by atoms with van der Waals surface area (Å²) < 4.78 is 18.9. The molecule has 0 spiro atoms. The van der Waals surface area contributed by atoms with Crippen molar-refractivity contribution in [3.05, 3.63) is 33.5 Å². The van der Waals surface area contributed by atoms with Gasteiger partial charge in [-0.2, -0.15) is 0 Å². The maximum Gasteiger partial charge on any atom is 0.306 e. The van der Waals surface area contributed by atoms with Gasteiger partial charge in [0, 0.05) is 27.9 Å². The van der Waals surface area contributed by atoms with E-state index in [0.29, 0.717) is 15.6 Å². The highest BCUT2D eigenvalue weighted by molar-refractivity contribution is 9.10. The van der Waals surface area contributed by atoms with E-state index in [-0.39, 0.29) is 18.6 Å². The number of Topliss-reactive ketones (excluding diaryl/α,β-unsaturated/α-hetero) is 1. The Morgan fingerprint density at radius 2 is 2.29 bits per heavy atom. The van der Waals surface area contributed by atoms with E-state index in [1.807, 2.05) is 0 Å². The zero-order chi connectivity index (χ0) is 12.6. The van der Waals surface area contributed by atoms with Crippen molar-refractivity contribution in [2.24, 2.45) is 0 Å². The summed E-state index contributed by atoms with van der Waals surface area (Å²) in [5, 5.41) is 0. The number of halogens is 2. The van der Waals surface area contributed by atoms with E-state index in [4.69, 9.17) is 0 Å². The Hall–Kier alpha value is -1.23. The molecule has 1 aliphatic carbocycles. The Balaban J connectivity index is 2.40. The van der Waals surface area contributed by atoms with Gasteiger partial charge in [-0.1, -0.05) is 15.9 Å². The predicted octanol–water partition coefficient (Wildman–Crippen LogP) is 2.82. The van der Waals surface area contributed by atoms with E-state index in [0.717, 1.165) is 0 Å². The predicted molar refractivity (Wildman–Crippen MR) is 62.4 cm³/mol. The molecule has 0 bridgehead atoms. The molecule has 17 heavy (non-hydrogen) atoms. The van der Waals surface area contributed by atoms with Gasteiger partial charge in [0.25, 0.3) is 0 Å². The van der Waals surface area contributed by atoms with E-state index >= 15 is 0 Å². The molecule has 0 saturated carbocycles. The molecule has 0 radical (unpaired) electrons. The van der Waals surface area contributed by atoms with Crippen molar-refractivity contribution >= 4 is 27.7 Å². The van der Waals surface area contributed by atoms with E-state index in [1.165, 1.54) is 13.2 Å². The van der Waals surface area contributed by atoms with Gasteiger partial charge in [0.15, 0.2) is 5.78 Å². The monoisotopic (exact) mass is 300 g/mol. The van der Waals surface area contributed by atoms with Crippen molar-refractivity contribution < 1.29 is 18.7 Å². The van der Waals surface area contributed by atoms with Crippen LogP contribution >= 0.6 is 15.9 Å². The summed E-state index contributed by atoms with van der Waals surface area (Å²) in [5.74, 6) is -1.42. The lowest BCUT2D eigenvalue weighted by atomic mass is 9.97. The van der Waals surface area contributed by atoms with Gasteiger partial charge in [0.2, 0.25) is 0 Å². The number of methoxy groups -OCH3 is 1. The zero-order valence-electron chi connectivity index (χ0n) is 9.13. The number of hydrogen-bond acceptors (Lipinski definition) is 3. The van der Waals surface area contributed by atoms with Crippen molar-refractivity contribution in [3.8, 4) is 0 Å². The molecule has 0 amide bonds. The third-order valence-electron chi connectivity index (χ3n) is 2.88. The molecular weight excluding hydrogens is 291 g/mol. The van der Waals surface area contributed by atoms with Crippen molar-refractivity contribution in [1.82, 2.24) is 0 Å². The fraction of sp³-hybridized carbons (Fsp3) is 0.333. The molecule has 1 aromatic carbocycles. The normalized spacial score (nSPS) is 18.1. The number of hydrogen-bond donors (Lipinski definition) is 0. The number of carbonyl (C=O) groups is 2. The van der Waals surface area contributed by atoms with Gasteiger partial charge in [-0.15, -0.1) is 0 Å². The Morgan fingerprint density at radius 1 is 1.59 bits per heavy atom. The van der Waals surface area contributed by atoms with E-state index in [9.17, 15) is 14.0 Å². The summed E-state index contributed by atoms with van der Waals surface area (Å²) in [5.41, 5.74) is 0.703. The largest absolute Gasteiger partial charge is 0.469 e. The maximum atomic E-state index is 13.8. The fourth-order valence-electron chi connectivity index (χ4n) is 2.12. The molecule has 1 aliphatic rings. The van der Waals surface area contributed by atoms with Crippen molar-refractivity contribution in [2.75, 3.05) is 7.11 Å². The lowest BCUT2D eigenvalue weighted by molar-refractivity contribution is -0.141. The third-order valence-corrected chi connectivity index (χ3v) is 3.33. The first kappa shape index (κ1) is 12.2. The van der Waals surface area contributed by atoms with Crippen LogP contribution < -0.4 is 0 Å². The average Bonchev–Trinajstić information content (AvgIpc) is 2.55. The van der Waals surface area contributed by atoms with Crippen LogP contribution in [0.25, 0.3) is 0 Å². The molecule has 0 saturated heterocycles. The van der Waals surface area contributed by atoms with Crippen LogP contribution in [0, 0.1) is 5.82 Å².